The molecule has 1 aromatic rings. The minimum absolute atomic E-state index is 0.0660. The molecule has 7 heteroatoms. The number of methoxy groups -OCH3 is 1. The first-order chi connectivity index (χ1) is 11.8. The van der Waals surface area contributed by atoms with Crippen LogP contribution >= 0.6 is 0 Å². The Bertz CT molecular complexity index is 507. The Morgan fingerprint density at radius 1 is 1.42 bits per heavy atom. The van der Waals surface area contributed by atoms with E-state index in [1.807, 2.05) is 17.3 Å². The number of nitrogens with one attached hydrogen (secondary N) is 2. The monoisotopic (exact) mass is 335 g/mol. The summed E-state index contributed by atoms with van der Waals surface area (Å²) in [6, 6.07) is 0.218. The summed E-state index contributed by atoms with van der Waals surface area (Å²) >= 11 is 0. The van der Waals surface area contributed by atoms with Crippen LogP contribution in [-0.2, 0) is 4.74 Å². The second-order valence-corrected chi connectivity index (χ2v) is 6.87. The topological polar surface area (TPSA) is 73.5 Å². The number of aromatic amines is 1. The number of aromatic nitrogens is 2. The molecule has 0 spiro atoms. The summed E-state index contributed by atoms with van der Waals surface area (Å²) in [5.41, 5.74) is 1.11. The van der Waals surface area contributed by atoms with Gasteiger partial charge in [0.15, 0.2) is 0 Å². The molecule has 0 saturated carbocycles. The average molecular weight is 335 g/mol. The van der Waals surface area contributed by atoms with Crippen LogP contribution in [0.4, 0.5) is 4.79 Å². The summed E-state index contributed by atoms with van der Waals surface area (Å²) in [6.07, 6.45) is 8.14. The molecule has 2 saturated heterocycles. The van der Waals surface area contributed by atoms with Crippen molar-refractivity contribution in [2.45, 2.75) is 31.7 Å². The number of carbonyl (C=O) groups is 1. The predicted octanol–water partition coefficient (Wildman–Crippen LogP) is 1.61. The number of piperidine rings is 1. The Morgan fingerprint density at radius 2 is 2.33 bits per heavy atom. The molecule has 0 bridgehead atoms. The van der Waals surface area contributed by atoms with E-state index >= 15 is 0 Å². The van der Waals surface area contributed by atoms with Gasteiger partial charge in [0.25, 0.3) is 0 Å². The number of nitrogens with zero attached hydrogens (tertiary/aromatic N) is 3. The number of rotatable bonds is 6. The molecule has 0 radical (unpaired) electrons. The summed E-state index contributed by atoms with van der Waals surface area (Å²) in [6.45, 7) is 5.50. The summed E-state index contributed by atoms with van der Waals surface area (Å²) in [5.74, 6) is 0.544. The molecule has 3 heterocycles. The van der Waals surface area contributed by atoms with Gasteiger partial charge in [0.1, 0.15) is 0 Å². The lowest BCUT2D eigenvalue weighted by Gasteiger charge is -2.35. The van der Waals surface area contributed by atoms with Crippen LogP contribution in [0.1, 0.15) is 37.3 Å². The normalized spacial score (nSPS) is 25.1. The van der Waals surface area contributed by atoms with Crippen LogP contribution in [0.3, 0.4) is 0 Å². The van der Waals surface area contributed by atoms with Gasteiger partial charge >= 0.3 is 6.03 Å². The van der Waals surface area contributed by atoms with Crippen LogP contribution in [0.25, 0.3) is 0 Å². The van der Waals surface area contributed by atoms with E-state index in [9.17, 15) is 4.79 Å². The molecule has 24 heavy (non-hydrogen) atoms. The van der Waals surface area contributed by atoms with Gasteiger partial charge < -0.3 is 19.9 Å². The molecular weight excluding hydrogens is 306 g/mol. The molecule has 0 unspecified atom stereocenters. The number of likely N-dealkylation sites (tertiary alicyclic amines) is 2. The Kier molecular flexibility index (Phi) is 6.09. The minimum atomic E-state index is 0.0660. The molecular formula is C17H29N5O2. The van der Waals surface area contributed by atoms with E-state index in [0.29, 0.717) is 5.92 Å². The Morgan fingerprint density at radius 3 is 3.12 bits per heavy atom. The minimum Gasteiger partial charge on any atom is -0.383 e. The lowest BCUT2D eigenvalue weighted by Crippen LogP contribution is -2.46. The fraction of sp³-hybridized carbons (Fsp3) is 0.765. The SMILES string of the molecule is COCCN1CC[C@@H](CNC(=O)N2CCCC[C@@H]2c2cn[nH]c2)C1. The second kappa shape index (κ2) is 8.48. The molecule has 2 aliphatic rings. The third-order valence-electron chi connectivity index (χ3n) is 5.19. The zero-order valence-corrected chi connectivity index (χ0v) is 14.5. The van der Waals surface area contributed by atoms with Crippen molar-refractivity contribution in [3.05, 3.63) is 18.0 Å². The van der Waals surface area contributed by atoms with Crippen molar-refractivity contribution in [1.29, 1.82) is 0 Å². The van der Waals surface area contributed by atoms with Gasteiger partial charge in [-0.15, -0.1) is 0 Å². The van der Waals surface area contributed by atoms with Gasteiger partial charge in [-0.05, 0) is 38.1 Å². The third-order valence-corrected chi connectivity index (χ3v) is 5.19. The van der Waals surface area contributed by atoms with Crippen LogP contribution in [0, 0.1) is 5.92 Å². The maximum Gasteiger partial charge on any atom is 0.317 e. The van der Waals surface area contributed by atoms with Gasteiger partial charge in [0, 0.05) is 45.0 Å². The molecule has 2 amide bonds. The van der Waals surface area contributed by atoms with E-state index in [1.54, 1.807) is 7.11 Å². The van der Waals surface area contributed by atoms with Gasteiger partial charge in [-0.1, -0.05) is 0 Å². The van der Waals surface area contributed by atoms with E-state index in [2.05, 4.69) is 20.4 Å². The lowest BCUT2D eigenvalue weighted by molar-refractivity contribution is 0.149. The number of H-pyrrole nitrogens is 1. The first kappa shape index (κ1) is 17.2. The number of carbonyl (C=O) groups excluding carboxylic acids is 1. The summed E-state index contributed by atoms with van der Waals surface area (Å²) in [4.78, 5) is 17.1. The van der Waals surface area contributed by atoms with Crippen molar-refractivity contribution in [2.75, 3.05) is 46.4 Å². The van der Waals surface area contributed by atoms with Crippen molar-refractivity contribution >= 4 is 6.03 Å². The fourth-order valence-electron chi connectivity index (χ4n) is 3.80. The van der Waals surface area contributed by atoms with Crippen LogP contribution in [-0.4, -0.2) is 72.5 Å². The van der Waals surface area contributed by atoms with Crippen LogP contribution < -0.4 is 5.32 Å². The first-order valence-corrected chi connectivity index (χ1v) is 9.02. The van der Waals surface area contributed by atoms with Crippen molar-refractivity contribution < 1.29 is 9.53 Å². The van der Waals surface area contributed by atoms with Gasteiger partial charge in [-0.3, -0.25) is 5.10 Å². The van der Waals surface area contributed by atoms with E-state index in [0.717, 1.165) is 70.6 Å². The molecule has 2 aliphatic heterocycles. The Balaban J connectivity index is 1.47. The quantitative estimate of drug-likeness (QED) is 0.828. The highest BCUT2D eigenvalue weighted by Gasteiger charge is 2.29. The second-order valence-electron chi connectivity index (χ2n) is 6.87. The summed E-state index contributed by atoms with van der Waals surface area (Å²) in [5, 5.41) is 10.1. The molecule has 7 nitrogen and oxygen atoms in total. The maximum absolute atomic E-state index is 12.7. The number of urea groups is 1. The highest BCUT2D eigenvalue weighted by atomic mass is 16.5. The zero-order valence-electron chi connectivity index (χ0n) is 14.5. The Hall–Kier alpha value is -1.60. The smallest absolute Gasteiger partial charge is 0.317 e. The number of hydrogen-bond donors (Lipinski definition) is 2. The molecule has 3 rings (SSSR count). The van der Waals surface area contributed by atoms with Crippen LogP contribution in [0.5, 0.6) is 0 Å². The number of amides is 2. The predicted molar refractivity (Wildman–Crippen MR) is 91.7 cm³/mol. The lowest BCUT2D eigenvalue weighted by atomic mass is 9.98. The highest BCUT2D eigenvalue weighted by molar-refractivity contribution is 5.74. The standard InChI is InChI=1S/C17H29N5O2/c1-24-9-8-21-7-5-14(13-21)10-18-17(23)22-6-3-2-4-16(22)15-11-19-20-12-15/h11-12,14,16H,2-10,13H2,1H3,(H,18,23)(H,19,20)/t14-,16+/m0/s1. The largest absolute Gasteiger partial charge is 0.383 e. The Labute approximate surface area is 143 Å². The third kappa shape index (κ3) is 4.27. The molecule has 0 aromatic carbocycles. The highest BCUT2D eigenvalue weighted by Crippen LogP contribution is 2.30. The number of ether oxygens (including phenoxy) is 1. The average Bonchev–Trinajstić information content (AvgIpc) is 3.29. The van der Waals surface area contributed by atoms with Gasteiger partial charge in [0.2, 0.25) is 0 Å². The van der Waals surface area contributed by atoms with E-state index in [4.69, 9.17) is 4.74 Å². The van der Waals surface area contributed by atoms with E-state index < -0.39 is 0 Å². The van der Waals surface area contributed by atoms with Gasteiger partial charge in [0.05, 0.1) is 18.8 Å². The van der Waals surface area contributed by atoms with Crippen molar-refractivity contribution in [3.63, 3.8) is 0 Å². The summed E-state index contributed by atoms with van der Waals surface area (Å²) < 4.78 is 5.14. The van der Waals surface area contributed by atoms with Gasteiger partial charge in [-0.25, -0.2) is 4.79 Å². The van der Waals surface area contributed by atoms with E-state index in [-0.39, 0.29) is 12.1 Å². The molecule has 134 valence electrons. The number of hydrogen-bond acceptors (Lipinski definition) is 4. The molecule has 0 aliphatic carbocycles. The zero-order chi connectivity index (χ0) is 16.8. The molecule has 1 aromatic heterocycles. The molecule has 2 atom stereocenters. The van der Waals surface area contributed by atoms with Crippen LogP contribution in [0.15, 0.2) is 12.4 Å². The first-order valence-electron chi connectivity index (χ1n) is 9.02. The van der Waals surface area contributed by atoms with E-state index in [1.165, 1.54) is 0 Å². The molecule has 2 fully saturated rings. The maximum atomic E-state index is 12.7. The molecule has 2 N–H and O–H groups in total. The van der Waals surface area contributed by atoms with Crippen molar-refractivity contribution in [2.24, 2.45) is 5.92 Å². The van der Waals surface area contributed by atoms with Crippen LogP contribution in [0.2, 0.25) is 0 Å². The fourth-order valence-corrected chi connectivity index (χ4v) is 3.80. The van der Waals surface area contributed by atoms with Gasteiger partial charge in [-0.2, -0.15) is 5.10 Å². The van der Waals surface area contributed by atoms with Crippen molar-refractivity contribution in [3.8, 4) is 0 Å². The summed E-state index contributed by atoms with van der Waals surface area (Å²) in [7, 11) is 1.74. The van der Waals surface area contributed by atoms with Crippen molar-refractivity contribution in [1.82, 2.24) is 25.3 Å².